The molecule has 0 saturated heterocycles. The van der Waals surface area contributed by atoms with Gasteiger partial charge >= 0.3 is 0 Å². The van der Waals surface area contributed by atoms with Crippen LogP contribution in [0.4, 0.5) is 8.78 Å². The summed E-state index contributed by atoms with van der Waals surface area (Å²) in [6, 6.07) is -0.618. The van der Waals surface area contributed by atoms with E-state index in [0.717, 1.165) is 6.42 Å². The van der Waals surface area contributed by atoms with Crippen LogP contribution in [-0.2, 0) is 0 Å². The molecule has 0 aromatic heterocycles. The van der Waals surface area contributed by atoms with E-state index >= 15 is 0 Å². The molecule has 1 nitrogen and oxygen atoms in total. The Balaban J connectivity index is 2.48. The second kappa shape index (κ2) is 4.70. The number of nitrogens with one attached hydrogen (secondary N) is 1. The molecule has 0 aromatic carbocycles. The average Bonchev–Trinajstić information content (AvgIpc) is 2.27. The van der Waals surface area contributed by atoms with Gasteiger partial charge in [0.05, 0.1) is 6.04 Å². The van der Waals surface area contributed by atoms with Gasteiger partial charge in [-0.05, 0) is 18.8 Å². The van der Waals surface area contributed by atoms with Crippen molar-refractivity contribution in [2.24, 2.45) is 5.92 Å². The van der Waals surface area contributed by atoms with Crippen molar-refractivity contribution in [3.63, 3.8) is 0 Å². The van der Waals surface area contributed by atoms with Gasteiger partial charge in [0.15, 0.2) is 0 Å². The van der Waals surface area contributed by atoms with E-state index in [1.165, 1.54) is 5.57 Å². The summed E-state index contributed by atoms with van der Waals surface area (Å²) in [5.74, 6) is 0.484. The first-order valence-corrected chi connectivity index (χ1v) is 4.81. The van der Waals surface area contributed by atoms with Crippen molar-refractivity contribution in [2.45, 2.75) is 39.2 Å². The van der Waals surface area contributed by atoms with Gasteiger partial charge in [-0.2, -0.15) is 0 Å². The molecule has 0 aliphatic carbocycles. The molecule has 0 spiro atoms. The van der Waals surface area contributed by atoms with Gasteiger partial charge in [0.25, 0.3) is 6.43 Å². The minimum atomic E-state index is -2.24. The largest absolute Gasteiger partial charge is 0.305 e. The van der Waals surface area contributed by atoms with Gasteiger partial charge in [0.2, 0.25) is 0 Å². The summed E-state index contributed by atoms with van der Waals surface area (Å²) < 4.78 is 24.7. The summed E-state index contributed by atoms with van der Waals surface area (Å²) in [6.07, 6.45) is 1.17. The van der Waals surface area contributed by atoms with Crippen molar-refractivity contribution in [2.75, 3.05) is 6.54 Å². The lowest BCUT2D eigenvalue weighted by atomic mass is 9.97. The highest BCUT2D eigenvalue weighted by molar-refractivity contribution is 5.08. The zero-order valence-electron chi connectivity index (χ0n) is 8.19. The Morgan fingerprint density at radius 1 is 1.46 bits per heavy atom. The fraction of sp³-hybridized carbons (Fsp3) is 0.800. The van der Waals surface area contributed by atoms with Gasteiger partial charge in [-0.25, -0.2) is 8.78 Å². The Bertz CT molecular complexity index is 187. The van der Waals surface area contributed by atoms with Gasteiger partial charge in [-0.15, -0.1) is 0 Å². The first-order chi connectivity index (χ1) is 6.11. The Morgan fingerprint density at radius 3 is 2.69 bits per heavy atom. The molecule has 1 heterocycles. The topological polar surface area (TPSA) is 12.0 Å². The van der Waals surface area contributed by atoms with Crippen molar-refractivity contribution in [1.29, 1.82) is 0 Å². The van der Waals surface area contributed by atoms with Gasteiger partial charge in [-0.1, -0.05) is 25.5 Å². The van der Waals surface area contributed by atoms with E-state index in [-0.39, 0.29) is 0 Å². The molecule has 1 aliphatic rings. The SMILES string of the molecule is CC(C)C1=CCNC(C(F)F)CC1. The van der Waals surface area contributed by atoms with E-state index in [0.29, 0.717) is 18.9 Å². The molecule has 1 atom stereocenters. The van der Waals surface area contributed by atoms with E-state index in [1.54, 1.807) is 0 Å². The molecule has 0 fully saturated rings. The van der Waals surface area contributed by atoms with Crippen LogP contribution in [0, 0.1) is 5.92 Å². The first-order valence-electron chi connectivity index (χ1n) is 4.81. The summed E-state index contributed by atoms with van der Waals surface area (Å²) >= 11 is 0. The van der Waals surface area contributed by atoms with E-state index < -0.39 is 12.5 Å². The molecule has 1 N–H and O–H groups in total. The Labute approximate surface area is 78.2 Å². The number of rotatable bonds is 2. The highest BCUT2D eigenvalue weighted by Gasteiger charge is 2.21. The Kier molecular flexibility index (Phi) is 3.85. The molecule has 1 rings (SSSR count). The van der Waals surface area contributed by atoms with E-state index in [1.807, 2.05) is 6.08 Å². The monoisotopic (exact) mass is 189 g/mol. The zero-order valence-corrected chi connectivity index (χ0v) is 8.19. The third-order valence-electron chi connectivity index (χ3n) is 2.53. The van der Waals surface area contributed by atoms with E-state index in [9.17, 15) is 8.78 Å². The number of alkyl halides is 2. The molecule has 13 heavy (non-hydrogen) atoms. The third-order valence-corrected chi connectivity index (χ3v) is 2.53. The lowest BCUT2D eigenvalue weighted by Crippen LogP contribution is -2.34. The molecule has 0 radical (unpaired) electrons. The van der Waals surface area contributed by atoms with Crippen molar-refractivity contribution in [3.05, 3.63) is 11.6 Å². The van der Waals surface area contributed by atoms with Gasteiger partial charge < -0.3 is 5.32 Å². The predicted octanol–water partition coefficient (Wildman–Crippen LogP) is 2.59. The van der Waals surface area contributed by atoms with Crippen LogP contribution in [0.3, 0.4) is 0 Å². The molecule has 1 aliphatic heterocycles. The normalized spacial score (nSPS) is 24.8. The summed E-state index contributed by atoms with van der Waals surface area (Å²) in [6.45, 7) is 4.80. The molecule has 3 heteroatoms. The number of hydrogen-bond acceptors (Lipinski definition) is 1. The minimum absolute atomic E-state index is 0.484. The Hall–Kier alpha value is -0.440. The third kappa shape index (κ3) is 3.07. The van der Waals surface area contributed by atoms with Gasteiger partial charge in [0, 0.05) is 6.54 Å². The molecule has 0 amide bonds. The quantitative estimate of drug-likeness (QED) is 0.658. The van der Waals surface area contributed by atoms with Crippen LogP contribution in [-0.4, -0.2) is 19.0 Å². The number of hydrogen-bond donors (Lipinski definition) is 1. The molecule has 0 aromatic rings. The van der Waals surface area contributed by atoms with E-state index in [2.05, 4.69) is 19.2 Å². The molecule has 0 bridgehead atoms. The second-order valence-electron chi connectivity index (χ2n) is 3.82. The fourth-order valence-corrected chi connectivity index (χ4v) is 1.61. The van der Waals surface area contributed by atoms with Crippen molar-refractivity contribution < 1.29 is 8.78 Å². The van der Waals surface area contributed by atoms with Gasteiger partial charge in [0.1, 0.15) is 0 Å². The lowest BCUT2D eigenvalue weighted by molar-refractivity contribution is 0.0969. The smallest absolute Gasteiger partial charge is 0.253 e. The van der Waals surface area contributed by atoms with Crippen molar-refractivity contribution >= 4 is 0 Å². The number of allylic oxidation sites excluding steroid dienone is 1. The average molecular weight is 189 g/mol. The molecular formula is C10H17F2N. The van der Waals surface area contributed by atoms with Crippen LogP contribution in [0.25, 0.3) is 0 Å². The molecule has 76 valence electrons. The maximum atomic E-state index is 12.3. The van der Waals surface area contributed by atoms with Crippen molar-refractivity contribution in [3.8, 4) is 0 Å². The van der Waals surface area contributed by atoms with Crippen LogP contribution in [0.1, 0.15) is 26.7 Å². The summed E-state index contributed by atoms with van der Waals surface area (Å²) in [5.41, 5.74) is 1.30. The predicted molar refractivity (Wildman–Crippen MR) is 49.9 cm³/mol. The molecule has 1 unspecified atom stereocenters. The zero-order chi connectivity index (χ0) is 9.84. The minimum Gasteiger partial charge on any atom is -0.305 e. The fourth-order valence-electron chi connectivity index (χ4n) is 1.61. The van der Waals surface area contributed by atoms with Crippen LogP contribution in [0.2, 0.25) is 0 Å². The molecular weight excluding hydrogens is 172 g/mol. The van der Waals surface area contributed by atoms with Crippen LogP contribution >= 0.6 is 0 Å². The van der Waals surface area contributed by atoms with Crippen LogP contribution in [0.15, 0.2) is 11.6 Å². The Morgan fingerprint density at radius 2 is 2.15 bits per heavy atom. The maximum Gasteiger partial charge on any atom is 0.253 e. The van der Waals surface area contributed by atoms with Crippen LogP contribution < -0.4 is 5.32 Å². The summed E-state index contributed by atoms with van der Waals surface area (Å²) in [4.78, 5) is 0. The van der Waals surface area contributed by atoms with Crippen LogP contribution in [0.5, 0.6) is 0 Å². The van der Waals surface area contributed by atoms with Crippen molar-refractivity contribution in [1.82, 2.24) is 5.32 Å². The van der Waals surface area contributed by atoms with E-state index in [4.69, 9.17) is 0 Å². The van der Waals surface area contributed by atoms with Gasteiger partial charge in [-0.3, -0.25) is 0 Å². The number of halogens is 2. The summed E-state index contributed by atoms with van der Waals surface area (Å²) in [7, 11) is 0. The first kappa shape index (κ1) is 10.6. The lowest BCUT2D eigenvalue weighted by Gasteiger charge is -2.14. The summed E-state index contributed by atoms with van der Waals surface area (Å²) in [5, 5.41) is 2.84. The standard InChI is InChI=1S/C10H17F2N/c1-7(2)8-3-4-9(10(11)12)13-6-5-8/h5,7,9-10,13H,3-4,6H2,1-2H3. The highest BCUT2D eigenvalue weighted by Crippen LogP contribution is 2.21. The second-order valence-corrected chi connectivity index (χ2v) is 3.82. The molecule has 0 saturated carbocycles. The maximum absolute atomic E-state index is 12.3. The highest BCUT2D eigenvalue weighted by atomic mass is 19.3.